The van der Waals surface area contributed by atoms with E-state index in [1.807, 2.05) is 0 Å². The molecule has 0 amide bonds. The first-order valence-corrected chi connectivity index (χ1v) is 6.88. The van der Waals surface area contributed by atoms with E-state index in [-0.39, 0.29) is 13.2 Å². The quantitative estimate of drug-likeness (QED) is 0.461. The molecule has 0 saturated carbocycles. The van der Waals surface area contributed by atoms with Crippen LogP contribution in [0.2, 0.25) is 0 Å². The van der Waals surface area contributed by atoms with Gasteiger partial charge in [-0.1, -0.05) is 0 Å². The summed E-state index contributed by atoms with van der Waals surface area (Å²) in [5.41, 5.74) is -0.908. The molecule has 2 saturated heterocycles. The van der Waals surface area contributed by atoms with Gasteiger partial charge in [-0.25, -0.2) is 0 Å². The Kier molecular flexibility index (Phi) is 3.20. The molecule has 8 heteroatoms. The minimum Gasteiger partial charge on any atom is -0.779 e. The van der Waals surface area contributed by atoms with E-state index in [9.17, 15) is 9.46 Å². The molecule has 90 valence electrons. The van der Waals surface area contributed by atoms with Gasteiger partial charge in [0.25, 0.3) is 0 Å². The zero-order chi connectivity index (χ0) is 12.0. The van der Waals surface area contributed by atoms with Crippen LogP contribution in [0.5, 0.6) is 0 Å². The summed E-state index contributed by atoms with van der Waals surface area (Å²) in [7, 11) is 3.30. The molecular weight excluding hydrogens is 234 g/mol. The van der Waals surface area contributed by atoms with E-state index in [2.05, 4.69) is 0 Å². The molecule has 16 heavy (non-hydrogen) atoms. The van der Waals surface area contributed by atoms with Crippen molar-refractivity contribution in [3.05, 3.63) is 0 Å². The van der Waals surface area contributed by atoms with Gasteiger partial charge in [0.1, 0.15) is 33.3 Å². The highest BCUT2D eigenvalue weighted by molar-refractivity contribution is 7.50. The van der Waals surface area contributed by atoms with E-state index in [1.54, 1.807) is 0 Å². The highest BCUT2D eigenvalue weighted by atomic mass is 31.2. The van der Waals surface area contributed by atoms with Crippen molar-refractivity contribution >= 4 is 15.4 Å². The third kappa shape index (κ3) is 2.08. The Balaban J connectivity index is 2.19. The summed E-state index contributed by atoms with van der Waals surface area (Å²) in [5, 5.41) is 0. The van der Waals surface area contributed by atoms with Gasteiger partial charge >= 0.3 is 0 Å². The van der Waals surface area contributed by atoms with Crippen molar-refractivity contribution in [3.63, 3.8) is 0 Å². The molecule has 3 unspecified atom stereocenters. The average Bonchev–Trinajstić information content (AvgIpc) is 2.54. The molecule has 2 bridgehead atoms. The van der Waals surface area contributed by atoms with E-state index in [0.717, 1.165) is 6.66 Å². The number of hydrogen-bond acceptors (Lipinski definition) is 6. The normalized spacial score (nSPS) is 45.8. The van der Waals surface area contributed by atoms with Crippen LogP contribution in [-0.4, -0.2) is 58.6 Å². The predicted octanol–water partition coefficient (Wildman–Crippen LogP) is -1.14. The van der Waals surface area contributed by atoms with Crippen molar-refractivity contribution in [2.75, 3.05) is 27.0 Å². The molecule has 2 rings (SSSR count). The lowest BCUT2D eigenvalue weighted by molar-refractivity contribution is -0.205. The molecule has 0 spiro atoms. The Morgan fingerprint density at radius 1 is 1.69 bits per heavy atom. The molecular formula is C8H13BO6P-. The molecule has 2 aliphatic rings. The Hall–Kier alpha value is 0.0949. The zero-order valence-electron chi connectivity index (χ0n) is 9.12. The van der Waals surface area contributed by atoms with Gasteiger partial charge in [-0.05, 0) is 0 Å². The standard InChI is InChI=1S/C8H14BO6P/c1-12-3-8-4-13-5(7(9)14-8)6(8)15-16(2,10)11/h5-7H,3-4H2,1-2H3,(H,10,11)/p-1/t5?,6?,7-,8+/m1/s1. The van der Waals surface area contributed by atoms with Gasteiger partial charge in [0.15, 0.2) is 0 Å². The SMILES string of the molecule is [B][C@@H]1O[C@@]2(COC)COC1C2OP(C)(=O)[O-]. The van der Waals surface area contributed by atoms with Crippen molar-refractivity contribution in [1.82, 2.24) is 0 Å². The maximum atomic E-state index is 11.2. The summed E-state index contributed by atoms with van der Waals surface area (Å²) in [4.78, 5) is 11.2. The van der Waals surface area contributed by atoms with Crippen LogP contribution >= 0.6 is 7.60 Å². The fourth-order valence-corrected chi connectivity index (χ4v) is 2.90. The maximum Gasteiger partial charge on any atom is 0.143 e. The summed E-state index contributed by atoms with van der Waals surface area (Å²) in [5.74, 6) is 0. The van der Waals surface area contributed by atoms with Crippen LogP contribution in [0.15, 0.2) is 0 Å². The Morgan fingerprint density at radius 3 is 2.88 bits per heavy atom. The first-order chi connectivity index (χ1) is 7.38. The number of hydrogen-bond donors (Lipinski definition) is 0. The number of rotatable bonds is 4. The largest absolute Gasteiger partial charge is 0.779 e. The summed E-state index contributed by atoms with van der Waals surface area (Å²) < 4.78 is 32.0. The molecule has 6 nitrogen and oxygen atoms in total. The molecule has 5 atom stereocenters. The summed E-state index contributed by atoms with van der Waals surface area (Å²) >= 11 is 0. The molecule has 0 aromatic heterocycles. The van der Waals surface area contributed by atoms with E-state index < -0.39 is 31.4 Å². The second-order valence-electron chi connectivity index (χ2n) is 4.15. The first-order valence-electron chi connectivity index (χ1n) is 4.89. The van der Waals surface area contributed by atoms with Crippen LogP contribution in [0.25, 0.3) is 0 Å². The van der Waals surface area contributed by atoms with Gasteiger partial charge in [-0.2, -0.15) is 0 Å². The lowest BCUT2D eigenvalue weighted by atomic mass is 9.92. The molecule has 0 aromatic rings. The lowest BCUT2D eigenvalue weighted by Crippen LogP contribution is -2.46. The number of fused-ring (bicyclic) bond motifs is 2. The third-order valence-electron chi connectivity index (χ3n) is 2.73. The van der Waals surface area contributed by atoms with Gasteiger partial charge in [-0.15, -0.1) is 0 Å². The molecule has 2 fully saturated rings. The van der Waals surface area contributed by atoms with Crippen molar-refractivity contribution in [1.29, 1.82) is 0 Å². The van der Waals surface area contributed by atoms with E-state index in [0.29, 0.717) is 0 Å². The second kappa shape index (κ2) is 4.08. The first kappa shape index (κ1) is 12.5. The highest BCUT2D eigenvalue weighted by Crippen LogP contribution is 2.47. The average molecular weight is 247 g/mol. The van der Waals surface area contributed by atoms with E-state index >= 15 is 0 Å². The highest BCUT2D eigenvalue weighted by Gasteiger charge is 2.61. The van der Waals surface area contributed by atoms with Gasteiger partial charge in [0.05, 0.1) is 13.2 Å². The zero-order valence-corrected chi connectivity index (χ0v) is 10.0. The third-order valence-corrected chi connectivity index (χ3v) is 3.34. The fourth-order valence-electron chi connectivity index (χ4n) is 2.18. The van der Waals surface area contributed by atoms with Crippen molar-refractivity contribution in [3.8, 4) is 0 Å². The fraction of sp³-hybridized carbons (Fsp3) is 1.00. The Bertz CT molecular complexity index is 320. The minimum atomic E-state index is -3.86. The predicted molar refractivity (Wildman–Crippen MR) is 53.4 cm³/mol. The van der Waals surface area contributed by atoms with Crippen LogP contribution in [0, 0.1) is 0 Å². The van der Waals surface area contributed by atoms with Crippen molar-refractivity contribution < 1.29 is 28.2 Å². The number of ether oxygens (including phenoxy) is 3. The molecule has 2 radical (unpaired) electrons. The van der Waals surface area contributed by atoms with Crippen LogP contribution in [0.4, 0.5) is 0 Å². The molecule has 2 heterocycles. The monoisotopic (exact) mass is 247 g/mol. The number of methoxy groups -OCH3 is 1. The van der Waals surface area contributed by atoms with Gasteiger partial charge in [-0.3, -0.25) is 0 Å². The van der Waals surface area contributed by atoms with Gasteiger partial charge < -0.3 is 28.2 Å². The molecule has 0 aromatic carbocycles. The Labute approximate surface area is 95.1 Å². The van der Waals surface area contributed by atoms with E-state index in [4.69, 9.17) is 26.6 Å². The van der Waals surface area contributed by atoms with Crippen LogP contribution in [0.3, 0.4) is 0 Å². The lowest BCUT2D eigenvalue weighted by Gasteiger charge is -2.32. The second-order valence-corrected chi connectivity index (χ2v) is 5.91. The maximum absolute atomic E-state index is 11.2. The van der Waals surface area contributed by atoms with Crippen LogP contribution in [0.1, 0.15) is 0 Å². The Morgan fingerprint density at radius 2 is 2.38 bits per heavy atom. The van der Waals surface area contributed by atoms with Gasteiger partial charge in [0, 0.05) is 19.8 Å². The summed E-state index contributed by atoms with van der Waals surface area (Å²) in [6.45, 7) is 1.42. The molecule has 0 N–H and O–H groups in total. The summed E-state index contributed by atoms with van der Waals surface area (Å²) in [6.07, 6.45) is -1.28. The van der Waals surface area contributed by atoms with Crippen molar-refractivity contribution in [2.24, 2.45) is 0 Å². The van der Waals surface area contributed by atoms with Crippen molar-refractivity contribution in [2.45, 2.75) is 23.8 Å². The smallest absolute Gasteiger partial charge is 0.143 e. The topological polar surface area (TPSA) is 77.0 Å². The van der Waals surface area contributed by atoms with Crippen LogP contribution < -0.4 is 4.89 Å². The van der Waals surface area contributed by atoms with E-state index in [1.165, 1.54) is 7.11 Å². The summed E-state index contributed by atoms with van der Waals surface area (Å²) in [6, 6.07) is -0.680. The van der Waals surface area contributed by atoms with Gasteiger partial charge in [0.2, 0.25) is 0 Å². The van der Waals surface area contributed by atoms with Crippen LogP contribution in [-0.2, 0) is 23.3 Å². The molecule has 0 aliphatic carbocycles. The minimum absolute atomic E-state index is 0.182. The molecule has 2 aliphatic heterocycles.